The second-order valence-electron chi connectivity index (χ2n) is 6.60. The molecular weight excluding hydrogens is 252 g/mol. The summed E-state index contributed by atoms with van der Waals surface area (Å²) in [7, 11) is 0. The van der Waals surface area contributed by atoms with Crippen LogP contribution in [0.3, 0.4) is 0 Å². The van der Waals surface area contributed by atoms with Crippen LogP contribution in [-0.2, 0) is 4.79 Å². The van der Waals surface area contributed by atoms with E-state index < -0.39 is 0 Å². The average Bonchev–Trinajstić information content (AvgIpc) is 2.93. The largest absolute Gasteiger partial charge is 0.464 e. The molecule has 2 N–H and O–H groups in total. The fourth-order valence-corrected chi connectivity index (χ4v) is 3.34. The number of piperidine rings is 1. The monoisotopic (exact) mass is 276 g/mol. The van der Waals surface area contributed by atoms with Crippen molar-refractivity contribution in [1.29, 1.82) is 0 Å². The lowest BCUT2D eigenvalue weighted by molar-refractivity contribution is -0.140. The maximum Gasteiger partial charge on any atom is 0.223 e. The van der Waals surface area contributed by atoms with E-state index in [1.165, 1.54) is 6.42 Å². The van der Waals surface area contributed by atoms with Crippen LogP contribution >= 0.6 is 0 Å². The highest BCUT2D eigenvalue weighted by Crippen LogP contribution is 2.48. The molecule has 2 fully saturated rings. The van der Waals surface area contributed by atoms with Crippen molar-refractivity contribution in [3.05, 3.63) is 23.7 Å². The Labute approximate surface area is 120 Å². The maximum absolute atomic E-state index is 12.2. The van der Waals surface area contributed by atoms with Crippen molar-refractivity contribution in [2.45, 2.75) is 64.1 Å². The predicted octanol–water partition coefficient (Wildman–Crippen LogP) is 2.80. The molecule has 1 saturated heterocycles. The predicted molar refractivity (Wildman–Crippen MR) is 77.2 cm³/mol. The van der Waals surface area contributed by atoms with Gasteiger partial charge in [-0.3, -0.25) is 4.79 Å². The van der Waals surface area contributed by atoms with Gasteiger partial charge < -0.3 is 15.1 Å². The van der Waals surface area contributed by atoms with Crippen LogP contribution in [-0.4, -0.2) is 22.9 Å². The minimum Gasteiger partial charge on any atom is -0.464 e. The Balaban J connectivity index is 1.88. The van der Waals surface area contributed by atoms with Crippen molar-refractivity contribution < 1.29 is 9.21 Å². The summed E-state index contributed by atoms with van der Waals surface area (Å²) in [6.07, 6.45) is 2.49. The average molecular weight is 276 g/mol. The van der Waals surface area contributed by atoms with Gasteiger partial charge in [0.1, 0.15) is 17.6 Å². The number of carbonyl (C=O) groups excluding carboxylic acids is 1. The summed E-state index contributed by atoms with van der Waals surface area (Å²) in [5.74, 6) is 3.38. The first kappa shape index (κ1) is 13.7. The number of carbonyl (C=O) groups is 1. The van der Waals surface area contributed by atoms with Crippen LogP contribution in [0.2, 0.25) is 0 Å². The quantitative estimate of drug-likeness (QED) is 0.923. The van der Waals surface area contributed by atoms with E-state index in [-0.39, 0.29) is 24.0 Å². The van der Waals surface area contributed by atoms with Crippen LogP contribution in [0.15, 0.2) is 16.5 Å². The van der Waals surface area contributed by atoms with Gasteiger partial charge >= 0.3 is 0 Å². The molecule has 4 unspecified atom stereocenters. The number of likely N-dealkylation sites (tertiary alicyclic amines) is 1. The van der Waals surface area contributed by atoms with Gasteiger partial charge in [0.2, 0.25) is 5.91 Å². The topological polar surface area (TPSA) is 59.5 Å². The van der Waals surface area contributed by atoms with Crippen molar-refractivity contribution >= 4 is 5.91 Å². The molecule has 4 atom stereocenters. The third kappa shape index (κ3) is 2.26. The molecule has 0 bridgehead atoms. The molecule has 1 aliphatic carbocycles. The summed E-state index contributed by atoms with van der Waals surface area (Å²) in [4.78, 5) is 14.1. The molecule has 3 rings (SSSR count). The Morgan fingerprint density at radius 3 is 2.60 bits per heavy atom. The molecule has 110 valence electrons. The van der Waals surface area contributed by atoms with Crippen molar-refractivity contribution in [2.75, 3.05) is 0 Å². The zero-order valence-corrected chi connectivity index (χ0v) is 12.5. The second-order valence-corrected chi connectivity index (χ2v) is 6.60. The second kappa shape index (κ2) is 4.92. The summed E-state index contributed by atoms with van der Waals surface area (Å²) in [5, 5.41) is 0. The van der Waals surface area contributed by atoms with E-state index in [9.17, 15) is 4.79 Å². The maximum atomic E-state index is 12.2. The summed E-state index contributed by atoms with van der Waals surface area (Å²) in [5.41, 5.74) is 6.28. The molecule has 2 heterocycles. The van der Waals surface area contributed by atoms with Gasteiger partial charge in [0.05, 0.1) is 0 Å². The molecule has 0 radical (unpaired) electrons. The first-order valence-corrected chi connectivity index (χ1v) is 7.65. The molecular formula is C16H24N2O2. The van der Waals surface area contributed by atoms with Crippen LogP contribution in [0.5, 0.6) is 0 Å². The zero-order valence-electron chi connectivity index (χ0n) is 12.5. The fourth-order valence-electron chi connectivity index (χ4n) is 3.34. The van der Waals surface area contributed by atoms with Gasteiger partial charge in [0.15, 0.2) is 0 Å². The van der Waals surface area contributed by atoms with Crippen molar-refractivity contribution in [3.63, 3.8) is 0 Å². The van der Waals surface area contributed by atoms with E-state index in [0.717, 1.165) is 23.9 Å². The first-order chi connectivity index (χ1) is 9.49. The molecule has 1 aromatic heterocycles. The molecule has 20 heavy (non-hydrogen) atoms. The first-order valence-electron chi connectivity index (χ1n) is 7.65. The van der Waals surface area contributed by atoms with E-state index in [4.69, 9.17) is 10.2 Å². The number of nitrogens with two attached hydrogens (primary N) is 1. The summed E-state index contributed by atoms with van der Waals surface area (Å²) < 4.78 is 6.04. The number of amides is 1. The number of rotatable bonds is 3. The van der Waals surface area contributed by atoms with Crippen LogP contribution < -0.4 is 5.73 Å². The zero-order chi connectivity index (χ0) is 14.4. The van der Waals surface area contributed by atoms with Gasteiger partial charge in [-0.15, -0.1) is 0 Å². The Hall–Kier alpha value is -1.29. The van der Waals surface area contributed by atoms with E-state index in [1.54, 1.807) is 0 Å². The van der Waals surface area contributed by atoms with E-state index in [2.05, 4.69) is 13.0 Å². The van der Waals surface area contributed by atoms with E-state index >= 15 is 0 Å². The Morgan fingerprint density at radius 2 is 2.00 bits per heavy atom. The molecule has 4 nitrogen and oxygen atoms in total. The summed E-state index contributed by atoms with van der Waals surface area (Å²) >= 11 is 0. The highest BCUT2D eigenvalue weighted by atomic mass is 16.3. The Bertz CT molecular complexity index is 508. The van der Waals surface area contributed by atoms with Gasteiger partial charge in [-0.2, -0.15) is 0 Å². The van der Waals surface area contributed by atoms with Gasteiger partial charge in [-0.25, -0.2) is 0 Å². The summed E-state index contributed by atoms with van der Waals surface area (Å²) in [6, 6.07) is 4.07. The van der Waals surface area contributed by atoms with E-state index in [0.29, 0.717) is 12.3 Å². The standard InChI is InChI=1S/C16H24N2O2/c1-9(2)18-15(19)7-4-12(17)16(18)14-6-5-13(20-14)11-8-10(11)3/h5-6,9-12,16H,4,7-8,17H2,1-3H3. The number of hydrogen-bond donors (Lipinski definition) is 1. The number of hydrogen-bond acceptors (Lipinski definition) is 3. The number of nitrogens with zero attached hydrogens (tertiary/aromatic N) is 1. The van der Waals surface area contributed by atoms with Crippen LogP contribution in [0.25, 0.3) is 0 Å². The highest BCUT2D eigenvalue weighted by molar-refractivity contribution is 5.78. The fraction of sp³-hybridized carbons (Fsp3) is 0.688. The van der Waals surface area contributed by atoms with Crippen molar-refractivity contribution in [1.82, 2.24) is 4.90 Å². The third-order valence-corrected chi connectivity index (χ3v) is 4.66. The van der Waals surface area contributed by atoms with Gasteiger partial charge in [-0.05, 0) is 44.7 Å². The SMILES string of the molecule is CC1CC1c1ccc(C2C(N)CCC(=O)N2C(C)C)o1. The lowest BCUT2D eigenvalue weighted by Gasteiger charge is -2.41. The minimum absolute atomic E-state index is 0.0364. The van der Waals surface area contributed by atoms with Crippen LogP contribution in [0.1, 0.15) is 63.5 Å². The molecule has 1 aromatic rings. The number of furan rings is 1. The molecule has 2 aliphatic rings. The smallest absolute Gasteiger partial charge is 0.223 e. The third-order valence-electron chi connectivity index (χ3n) is 4.66. The molecule has 1 amide bonds. The normalized spacial score (nSPS) is 33.9. The summed E-state index contributed by atoms with van der Waals surface area (Å²) in [6.45, 7) is 6.31. The van der Waals surface area contributed by atoms with Gasteiger partial charge in [-0.1, -0.05) is 6.92 Å². The minimum atomic E-state index is -0.112. The lowest BCUT2D eigenvalue weighted by Crippen LogP contribution is -2.51. The Kier molecular flexibility index (Phi) is 3.36. The van der Waals surface area contributed by atoms with Crippen LogP contribution in [0, 0.1) is 5.92 Å². The molecule has 1 aliphatic heterocycles. The van der Waals surface area contributed by atoms with Crippen LogP contribution in [0.4, 0.5) is 0 Å². The lowest BCUT2D eigenvalue weighted by atomic mass is 9.93. The van der Waals surface area contributed by atoms with E-state index in [1.807, 2.05) is 24.8 Å². The van der Waals surface area contributed by atoms with Gasteiger partial charge in [0.25, 0.3) is 0 Å². The highest BCUT2D eigenvalue weighted by Gasteiger charge is 2.40. The molecule has 1 saturated carbocycles. The Morgan fingerprint density at radius 1 is 1.35 bits per heavy atom. The van der Waals surface area contributed by atoms with Gasteiger partial charge in [0, 0.05) is 24.4 Å². The van der Waals surface area contributed by atoms with Crippen molar-refractivity contribution in [2.24, 2.45) is 11.7 Å². The molecule has 4 heteroatoms. The van der Waals surface area contributed by atoms with Crippen molar-refractivity contribution in [3.8, 4) is 0 Å². The molecule has 0 aromatic carbocycles. The molecule has 0 spiro atoms.